The fourth-order valence-corrected chi connectivity index (χ4v) is 4.94. The van der Waals surface area contributed by atoms with Crippen LogP contribution in [0, 0.1) is 18.8 Å². The summed E-state index contributed by atoms with van der Waals surface area (Å²) in [6.45, 7) is 17.1. The molecule has 4 unspecified atom stereocenters. The van der Waals surface area contributed by atoms with E-state index in [1.165, 1.54) is 12.1 Å². The number of carbonyl (C=O) groups is 3. The first kappa shape index (κ1) is 34.9. The zero-order valence-electron chi connectivity index (χ0n) is 26.5. The molecule has 0 aromatic heterocycles. The Kier molecular flexibility index (Phi) is 12.7. The molecule has 0 bridgehead atoms. The average molecular weight is 602 g/mol. The van der Waals surface area contributed by atoms with E-state index in [9.17, 15) is 19.5 Å². The lowest BCUT2D eigenvalue weighted by Crippen LogP contribution is -2.57. The first-order chi connectivity index (χ1) is 19.5. The van der Waals surface area contributed by atoms with Crippen molar-refractivity contribution in [1.82, 2.24) is 10.2 Å². The predicted molar refractivity (Wildman–Crippen MR) is 169 cm³/mol. The summed E-state index contributed by atoms with van der Waals surface area (Å²) in [6.07, 6.45) is 1.37. The number of para-hydroxylation sites is 1. The van der Waals surface area contributed by atoms with Crippen LogP contribution >= 0.6 is 11.6 Å². The van der Waals surface area contributed by atoms with E-state index in [-0.39, 0.29) is 17.7 Å². The number of aryl methyl sites for hydroxylation is 1. The molecule has 2 aromatic rings. The SMILES string of the molecule is CCC(C)C(NC(=O)OC(C)(C)C)C(=O)N(C(C)CCC(C)C)C(C(=O)Nc1c(C)cccc1Cl)c1ccc(O)cc1. The maximum absolute atomic E-state index is 14.6. The molecule has 3 N–H and O–H groups in total. The van der Waals surface area contributed by atoms with Gasteiger partial charge in [0, 0.05) is 6.04 Å². The van der Waals surface area contributed by atoms with E-state index >= 15 is 0 Å². The number of nitrogens with zero attached hydrogens (tertiary/aromatic N) is 1. The Bertz CT molecular complexity index is 1190. The van der Waals surface area contributed by atoms with Crippen LogP contribution in [-0.2, 0) is 14.3 Å². The van der Waals surface area contributed by atoms with Crippen molar-refractivity contribution in [3.63, 3.8) is 0 Å². The topological polar surface area (TPSA) is 108 Å². The number of hydrogen-bond acceptors (Lipinski definition) is 5. The Morgan fingerprint density at radius 1 is 1.00 bits per heavy atom. The number of nitrogens with one attached hydrogen (secondary N) is 2. The number of hydrogen-bond donors (Lipinski definition) is 3. The van der Waals surface area contributed by atoms with Gasteiger partial charge in [0.15, 0.2) is 0 Å². The molecule has 9 heteroatoms. The smallest absolute Gasteiger partial charge is 0.408 e. The number of ether oxygens (including phenoxy) is 1. The minimum Gasteiger partial charge on any atom is -0.508 e. The molecule has 3 amide bonds. The third kappa shape index (κ3) is 9.93. The van der Waals surface area contributed by atoms with Crippen molar-refractivity contribution in [2.24, 2.45) is 11.8 Å². The summed E-state index contributed by atoms with van der Waals surface area (Å²) in [5.41, 5.74) is 0.995. The van der Waals surface area contributed by atoms with Crippen LogP contribution in [0.25, 0.3) is 0 Å². The summed E-state index contributed by atoms with van der Waals surface area (Å²) in [5, 5.41) is 16.2. The van der Waals surface area contributed by atoms with Gasteiger partial charge in [-0.05, 0) is 88.6 Å². The van der Waals surface area contributed by atoms with E-state index in [1.54, 1.807) is 49.9 Å². The highest BCUT2D eigenvalue weighted by Crippen LogP contribution is 2.33. The molecule has 0 heterocycles. The van der Waals surface area contributed by atoms with Crippen LogP contribution in [0.15, 0.2) is 42.5 Å². The van der Waals surface area contributed by atoms with E-state index in [4.69, 9.17) is 16.3 Å². The van der Waals surface area contributed by atoms with Gasteiger partial charge in [0.1, 0.15) is 23.4 Å². The predicted octanol–water partition coefficient (Wildman–Crippen LogP) is 7.63. The molecule has 2 aromatic carbocycles. The fourth-order valence-electron chi connectivity index (χ4n) is 4.67. The normalized spacial score (nSPS) is 14.5. The lowest BCUT2D eigenvalue weighted by Gasteiger charge is -2.40. The second-order valence-corrected chi connectivity index (χ2v) is 12.9. The number of anilines is 1. The lowest BCUT2D eigenvalue weighted by atomic mass is 9.93. The van der Waals surface area contributed by atoms with Crippen molar-refractivity contribution in [2.75, 3.05) is 5.32 Å². The average Bonchev–Trinajstić information content (AvgIpc) is 2.89. The zero-order valence-corrected chi connectivity index (χ0v) is 27.2. The molecule has 0 spiro atoms. The zero-order chi connectivity index (χ0) is 31.8. The summed E-state index contributed by atoms with van der Waals surface area (Å²) in [4.78, 5) is 43.3. The summed E-state index contributed by atoms with van der Waals surface area (Å²) in [7, 11) is 0. The van der Waals surface area contributed by atoms with Gasteiger partial charge in [-0.3, -0.25) is 9.59 Å². The first-order valence-corrected chi connectivity index (χ1v) is 15.1. The second kappa shape index (κ2) is 15.3. The van der Waals surface area contributed by atoms with E-state index in [0.717, 1.165) is 12.0 Å². The van der Waals surface area contributed by atoms with Crippen LogP contribution in [-0.4, -0.2) is 45.6 Å². The molecule has 0 saturated carbocycles. The summed E-state index contributed by atoms with van der Waals surface area (Å²) >= 11 is 6.47. The molecule has 8 nitrogen and oxygen atoms in total. The summed E-state index contributed by atoms with van der Waals surface area (Å²) in [5.74, 6) is -0.687. The van der Waals surface area contributed by atoms with Gasteiger partial charge in [-0.15, -0.1) is 0 Å². The van der Waals surface area contributed by atoms with Crippen molar-refractivity contribution in [3.05, 3.63) is 58.6 Å². The standard InChI is InChI=1S/C33H48ClN3O5/c1-10-21(4)28(36-32(41)42-33(7,8)9)31(40)37(23(6)15-14-20(2)3)29(24-16-18-25(38)19-17-24)30(39)35-27-22(5)12-11-13-26(27)34/h11-13,16-21,23,28-29,38H,10,14-15H2,1-9H3,(H,35,39)(H,36,41). The van der Waals surface area contributed by atoms with Crippen molar-refractivity contribution >= 4 is 35.2 Å². The van der Waals surface area contributed by atoms with Gasteiger partial charge < -0.3 is 25.4 Å². The number of phenols is 1. The third-order valence-electron chi connectivity index (χ3n) is 7.25. The Labute approximate surface area is 256 Å². The van der Waals surface area contributed by atoms with Crippen LogP contribution in [0.2, 0.25) is 5.02 Å². The highest BCUT2D eigenvalue weighted by atomic mass is 35.5. The van der Waals surface area contributed by atoms with Crippen LogP contribution in [0.3, 0.4) is 0 Å². The molecule has 0 saturated heterocycles. The number of phenolic OH excluding ortho intramolecular Hbond substituents is 1. The number of aromatic hydroxyl groups is 1. The van der Waals surface area contributed by atoms with Crippen LogP contribution in [0.5, 0.6) is 5.75 Å². The minimum atomic E-state index is -1.08. The first-order valence-electron chi connectivity index (χ1n) is 14.7. The Morgan fingerprint density at radius 2 is 1.62 bits per heavy atom. The highest BCUT2D eigenvalue weighted by Gasteiger charge is 2.40. The van der Waals surface area contributed by atoms with E-state index in [0.29, 0.717) is 35.0 Å². The molecule has 0 aliphatic carbocycles. The van der Waals surface area contributed by atoms with Gasteiger partial charge in [0.05, 0.1) is 10.7 Å². The van der Waals surface area contributed by atoms with Crippen molar-refractivity contribution in [2.45, 2.75) is 105 Å². The van der Waals surface area contributed by atoms with Crippen molar-refractivity contribution in [3.8, 4) is 5.75 Å². The van der Waals surface area contributed by atoms with E-state index in [1.807, 2.05) is 33.8 Å². The largest absolute Gasteiger partial charge is 0.508 e. The molecular formula is C33H48ClN3O5. The number of rotatable bonds is 12. The molecule has 0 fully saturated rings. The van der Waals surface area contributed by atoms with Gasteiger partial charge in [0.2, 0.25) is 5.91 Å². The Hall–Kier alpha value is -3.26. The maximum atomic E-state index is 14.6. The van der Waals surface area contributed by atoms with Crippen molar-refractivity contribution in [1.29, 1.82) is 0 Å². The van der Waals surface area contributed by atoms with Gasteiger partial charge in [-0.25, -0.2) is 4.79 Å². The number of carbonyl (C=O) groups excluding carboxylic acids is 3. The van der Waals surface area contributed by atoms with Gasteiger partial charge in [-0.2, -0.15) is 0 Å². The lowest BCUT2D eigenvalue weighted by molar-refractivity contribution is -0.144. The molecule has 42 heavy (non-hydrogen) atoms. The molecular weight excluding hydrogens is 554 g/mol. The van der Waals surface area contributed by atoms with Crippen LogP contribution < -0.4 is 10.6 Å². The van der Waals surface area contributed by atoms with Crippen LogP contribution in [0.1, 0.15) is 91.8 Å². The third-order valence-corrected chi connectivity index (χ3v) is 7.56. The van der Waals surface area contributed by atoms with E-state index < -0.39 is 35.6 Å². The molecule has 4 atom stereocenters. The number of amides is 3. The van der Waals surface area contributed by atoms with E-state index in [2.05, 4.69) is 24.5 Å². The van der Waals surface area contributed by atoms with Crippen molar-refractivity contribution < 1.29 is 24.2 Å². The summed E-state index contributed by atoms with van der Waals surface area (Å²) in [6, 6.07) is 9.18. The second-order valence-electron chi connectivity index (χ2n) is 12.5. The molecule has 2 rings (SSSR count). The number of alkyl carbamates (subject to hydrolysis) is 1. The molecule has 0 aliphatic rings. The fraction of sp³-hybridized carbons (Fsp3) is 0.545. The Morgan fingerprint density at radius 3 is 2.14 bits per heavy atom. The quantitative estimate of drug-likeness (QED) is 0.232. The van der Waals surface area contributed by atoms with Gasteiger partial charge in [-0.1, -0.05) is 70.0 Å². The monoisotopic (exact) mass is 601 g/mol. The van der Waals surface area contributed by atoms with Gasteiger partial charge >= 0.3 is 6.09 Å². The molecule has 232 valence electrons. The number of halogens is 1. The van der Waals surface area contributed by atoms with Gasteiger partial charge in [0.25, 0.3) is 5.91 Å². The minimum absolute atomic E-state index is 0.0367. The number of benzene rings is 2. The highest BCUT2D eigenvalue weighted by molar-refractivity contribution is 6.34. The van der Waals surface area contributed by atoms with Crippen LogP contribution in [0.4, 0.5) is 10.5 Å². The molecule has 0 aliphatic heterocycles. The molecule has 0 radical (unpaired) electrons. The summed E-state index contributed by atoms with van der Waals surface area (Å²) < 4.78 is 5.50. The Balaban J connectivity index is 2.68. The maximum Gasteiger partial charge on any atom is 0.408 e.